The Bertz CT molecular complexity index is 218. The summed E-state index contributed by atoms with van der Waals surface area (Å²) in [6.45, 7) is 12.7. The van der Waals surface area contributed by atoms with Crippen LogP contribution in [0.25, 0.3) is 0 Å². The summed E-state index contributed by atoms with van der Waals surface area (Å²) >= 11 is 0. The smallest absolute Gasteiger partial charge is 0.0803 e. The molecule has 0 radical (unpaired) electrons. The first-order valence-corrected chi connectivity index (χ1v) is 6.31. The monoisotopic (exact) mass is 229 g/mol. The van der Waals surface area contributed by atoms with Crippen LogP contribution in [0.5, 0.6) is 0 Å². The van der Waals surface area contributed by atoms with Crippen molar-refractivity contribution in [1.29, 1.82) is 0 Å². The molecular formula is C13H27NO2. The number of morpholine rings is 1. The van der Waals surface area contributed by atoms with E-state index in [9.17, 15) is 0 Å². The first-order valence-electron chi connectivity index (χ1n) is 6.31. The van der Waals surface area contributed by atoms with Crippen LogP contribution in [0.2, 0.25) is 0 Å². The summed E-state index contributed by atoms with van der Waals surface area (Å²) in [6, 6.07) is 0. The largest absolute Gasteiger partial charge is 0.385 e. The highest BCUT2D eigenvalue weighted by molar-refractivity contribution is 4.90. The topological polar surface area (TPSA) is 21.7 Å². The van der Waals surface area contributed by atoms with Gasteiger partial charge in [-0.15, -0.1) is 0 Å². The van der Waals surface area contributed by atoms with E-state index in [1.807, 2.05) is 0 Å². The van der Waals surface area contributed by atoms with Crippen molar-refractivity contribution in [2.75, 3.05) is 33.4 Å². The summed E-state index contributed by atoms with van der Waals surface area (Å²) in [4.78, 5) is 2.55. The first kappa shape index (κ1) is 13.9. The maximum atomic E-state index is 5.92. The summed E-state index contributed by atoms with van der Waals surface area (Å²) in [5.41, 5.74) is 0.235. The van der Waals surface area contributed by atoms with E-state index >= 15 is 0 Å². The lowest BCUT2D eigenvalue weighted by Gasteiger charge is -2.47. The molecule has 1 heterocycles. The van der Waals surface area contributed by atoms with Gasteiger partial charge in [0.1, 0.15) is 0 Å². The molecule has 0 amide bonds. The van der Waals surface area contributed by atoms with E-state index in [-0.39, 0.29) is 11.1 Å². The van der Waals surface area contributed by atoms with Gasteiger partial charge in [0.15, 0.2) is 0 Å². The van der Waals surface area contributed by atoms with Crippen LogP contribution in [0.1, 0.15) is 40.5 Å². The quantitative estimate of drug-likeness (QED) is 0.722. The average molecular weight is 229 g/mol. The first-order chi connectivity index (χ1) is 7.43. The minimum Gasteiger partial charge on any atom is -0.385 e. The van der Waals surface area contributed by atoms with Gasteiger partial charge in [0, 0.05) is 38.8 Å². The van der Waals surface area contributed by atoms with Crippen LogP contribution < -0.4 is 0 Å². The van der Waals surface area contributed by atoms with Crippen molar-refractivity contribution in [3.8, 4) is 0 Å². The molecule has 1 aliphatic rings. The standard InChI is InChI=1S/C13H27NO2/c1-6-12(2,3)14-8-10-16-13(4,11-14)7-9-15-5/h6-11H2,1-5H3. The summed E-state index contributed by atoms with van der Waals surface area (Å²) < 4.78 is 11.1. The van der Waals surface area contributed by atoms with E-state index in [2.05, 4.69) is 32.6 Å². The lowest BCUT2D eigenvalue weighted by Crippen LogP contribution is -2.57. The zero-order valence-corrected chi connectivity index (χ0v) is 11.5. The number of hydrogen-bond acceptors (Lipinski definition) is 3. The van der Waals surface area contributed by atoms with Gasteiger partial charge in [-0.2, -0.15) is 0 Å². The van der Waals surface area contributed by atoms with E-state index in [0.717, 1.165) is 32.7 Å². The van der Waals surface area contributed by atoms with E-state index in [0.29, 0.717) is 0 Å². The van der Waals surface area contributed by atoms with Crippen molar-refractivity contribution in [3.63, 3.8) is 0 Å². The van der Waals surface area contributed by atoms with E-state index in [1.165, 1.54) is 6.42 Å². The highest BCUT2D eigenvalue weighted by Gasteiger charge is 2.37. The molecule has 1 fully saturated rings. The molecule has 1 saturated heterocycles. The lowest BCUT2D eigenvalue weighted by molar-refractivity contribution is -0.130. The van der Waals surface area contributed by atoms with Crippen LogP contribution in [0.4, 0.5) is 0 Å². The molecule has 1 atom stereocenters. The van der Waals surface area contributed by atoms with Crippen LogP contribution in [-0.4, -0.2) is 49.5 Å². The third kappa shape index (κ3) is 3.44. The van der Waals surface area contributed by atoms with Crippen LogP contribution in [-0.2, 0) is 9.47 Å². The minimum atomic E-state index is -0.0410. The van der Waals surface area contributed by atoms with Crippen molar-refractivity contribution < 1.29 is 9.47 Å². The normalized spacial score (nSPS) is 28.3. The second-order valence-corrected chi connectivity index (χ2v) is 5.63. The molecule has 3 nitrogen and oxygen atoms in total. The van der Waals surface area contributed by atoms with Crippen LogP contribution in [0.15, 0.2) is 0 Å². The Morgan fingerprint density at radius 1 is 1.44 bits per heavy atom. The van der Waals surface area contributed by atoms with Gasteiger partial charge >= 0.3 is 0 Å². The Kier molecular flexibility index (Phi) is 4.77. The molecule has 0 bridgehead atoms. The summed E-state index contributed by atoms with van der Waals surface area (Å²) in [5, 5.41) is 0. The van der Waals surface area contributed by atoms with Gasteiger partial charge in [-0.1, -0.05) is 6.92 Å². The van der Waals surface area contributed by atoms with Crippen LogP contribution >= 0.6 is 0 Å². The fourth-order valence-corrected chi connectivity index (χ4v) is 2.14. The Morgan fingerprint density at radius 3 is 2.69 bits per heavy atom. The van der Waals surface area contributed by atoms with Gasteiger partial charge in [0.2, 0.25) is 0 Å². The van der Waals surface area contributed by atoms with Crippen molar-refractivity contribution in [2.24, 2.45) is 0 Å². The van der Waals surface area contributed by atoms with Gasteiger partial charge in [-0.3, -0.25) is 4.90 Å². The molecule has 3 heteroatoms. The number of rotatable bonds is 5. The minimum absolute atomic E-state index is 0.0410. The van der Waals surface area contributed by atoms with Gasteiger partial charge in [0.25, 0.3) is 0 Å². The highest BCUT2D eigenvalue weighted by Crippen LogP contribution is 2.28. The van der Waals surface area contributed by atoms with Crippen molar-refractivity contribution in [1.82, 2.24) is 4.90 Å². The van der Waals surface area contributed by atoms with Crippen molar-refractivity contribution in [2.45, 2.75) is 51.7 Å². The van der Waals surface area contributed by atoms with Gasteiger partial charge in [-0.05, 0) is 27.2 Å². The van der Waals surface area contributed by atoms with Gasteiger partial charge < -0.3 is 9.47 Å². The second kappa shape index (κ2) is 5.48. The summed E-state index contributed by atoms with van der Waals surface area (Å²) in [5.74, 6) is 0. The predicted octanol–water partition coefficient (Wildman–Crippen LogP) is 2.30. The third-order valence-electron chi connectivity index (χ3n) is 3.89. The van der Waals surface area contributed by atoms with Crippen molar-refractivity contribution in [3.05, 3.63) is 0 Å². The molecule has 96 valence electrons. The summed E-state index contributed by atoms with van der Waals surface area (Å²) in [6.07, 6.45) is 2.15. The highest BCUT2D eigenvalue weighted by atomic mass is 16.5. The Labute approximate surface area is 100 Å². The molecule has 0 N–H and O–H groups in total. The van der Waals surface area contributed by atoms with Crippen LogP contribution in [0, 0.1) is 0 Å². The SMILES string of the molecule is CCC(C)(C)N1CCOC(C)(CCOC)C1. The molecule has 1 aliphatic heterocycles. The zero-order valence-electron chi connectivity index (χ0n) is 11.5. The Morgan fingerprint density at radius 2 is 2.12 bits per heavy atom. The fourth-order valence-electron chi connectivity index (χ4n) is 2.14. The number of nitrogens with zero attached hydrogens (tertiary/aromatic N) is 1. The molecule has 0 aromatic heterocycles. The third-order valence-corrected chi connectivity index (χ3v) is 3.89. The maximum Gasteiger partial charge on any atom is 0.0803 e. The predicted molar refractivity (Wildman–Crippen MR) is 66.8 cm³/mol. The van der Waals surface area contributed by atoms with Crippen molar-refractivity contribution >= 4 is 0 Å². The number of methoxy groups -OCH3 is 1. The molecule has 0 aromatic rings. The fraction of sp³-hybridized carbons (Fsp3) is 1.00. The van der Waals surface area contributed by atoms with Gasteiger partial charge in [0.05, 0.1) is 12.2 Å². The van der Waals surface area contributed by atoms with E-state index < -0.39 is 0 Å². The molecular weight excluding hydrogens is 202 g/mol. The van der Waals surface area contributed by atoms with E-state index in [1.54, 1.807) is 7.11 Å². The Balaban J connectivity index is 2.58. The molecule has 0 aromatic carbocycles. The molecule has 1 rings (SSSR count). The molecule has 1 unspecified atom stereocenters. The van der Waals surface area contributed by atoms with Gasteiger partial charge in [-0.25, -0.2) is 0 Å². The van der Waals surface area contributed by atoms with Crippen LogP contribution in [0.3, 0.4) is 0 Å². The maximum absolute atomic E-state index is 5.92. The summed E-state index contributed by atoms with van der Waals surface area (Å²) in [7, 11) is 1.75. The Hall–Kier alpha value is -0.120. The lowest BCUT2D eigenvalue weighted by atomic mass is 9.93. The molecule has 16 heavy (non-hydrogen) atoms. The average Bonchev–Trinajstić information content (AvgIpc) is 2.26. The molecule has 0 saturated carbocycles. The zero-order chi connectivity index (χ0) is 12.2. The number of ether oxygens (including phenoxy) is 2. The van der Waals surface area contributed by atoms with E-state index in [4.69, 9.17) is 9.47 Å². The number of hydrogen-bond donors (Lipinski definition) is 0. The second-order valence-electron chi connectivity index (χ2n) is 5.63. The molecule has 0 spiro atoms. The molecule has 0 aliphatic carbocycles.